The second-order valence-electron chi connectivity index (χ2n) is 8.17. The Labute approximate surface area is 130 Å². The Bertz CT molecular complexity index is 587. The molecule has 0 radical (unpaired) electrons. The fourth-order valence-corrected chi connectivity index (χ4v) is 8.09. The van der Waals surface area contributed by atoms with Crippen LogP contribution in [0, 0.1) is 59.2 Å². The predicted molar refractivity (Wildman–Crippen MR) is 82.2 cm³/mol. The highest BCUT2D eigenvalue weighted by molar-refractivity contribution is 5.94. The van der Waals surface area contributed by atoms with Crippen molar-refractivity contribution >= 4 is 11.4 Å². The van der Waals surface area contributed by atoms with Crippen LogP contribution >= 0.6 is 0 Å². The zero-order valence-corrected chi connectivity index (χ0v) is 13.1. The lowest BCUT2D eigenvalue weighted by Gasteiger charge is -2.21. The van der Waals surface area contributed by atoms with Crippen molar-refractivity contribution < 1.29 is 9.68 Å². The molecule has 4 heteroatoms. The molecular weight excluding hydrogens is 276 g/mol. The summed E-state index contributed by atoms with van der Waals surface area (Å²) in [5.74, 6) is 7.93. The van der Waals surface area contributed by atoms with Crippen molar-refractivity contribution in [3.8, 4) is 0 Å². The molecule has 5 fully saturated rings. The van der Waals surface area contributed by atoms with Gasteiger partial charge in [-0.1, -0.05) is 22.5 Å². The van der Waals surface area contributed by atoms with Gasteiger partial charge >= 0.3 is 0 Å². The summed E-state index contributed by atoms with van der Waals surface area (Å²) < 4.78 is 0. The highest BCUT2D eigenvalue weighted by atomic mass is 16.6. The van der Waals surface area contributed by atoms with E-state index in [0.717, 1.165) is 48.3 Å². The average molecular weight is 298 g/mol. The Morgan fingerprint density at radius 1 is 0.773 bits per heavy atom. The van der Waals surface area contributed by atoms with E-state index in [0.29, 0.717) is 23.7 Å². The van der Waals surface area contributed by atoms with Crippen LogP contribution in [0.5, 0.6) is 0 Å². The molecule has 6 aliphatic carbocycles. The van der Waals surface area contributed by atoms with Gasteiger partial charge in [-0.05, 0) is 60.2 Å². The first-order valence-corrected chi connectivity index (χ1v) is 8.73. The molecule has 4 nitrogen and oxygen atoms in total. The summed E-state index contributed by atoms with van der Waals surface area (Å²) in [6, 6.07) is 0. The van der Waals surface area contributed by atoms with Gasteiger partial charge in [-0.25, -0.2) is 0 Å². The summed E-state index contributed by atoms with van der Waals surface area (Å²) in [5, 5.41) is 8.90. The van der Waals surface area contributed by atoms with Crippen LogP contribution in [0.1, 0.15) is 12.8 Å². The predicted octanol–water partition coefficient (Wildman–Crippen LogP) is 2.57. The zero-order chi connectivity index (χ0) is 14.6. The molecule has 0 N–H and O–H groups in total. The van der Waals surface area contributed by atoms with E-state index in [4.69, 9.17) is 9.68 Å². The van der Waals surface area contributed by atoms with Crippen LogP contribution < -0.4 is 0 Å². The van der Waals surface area contributed by atoms with Crippen LogP contribution in [0.3, 0.4) is 0 Å². The molecule has 22 heavy (non-hydrogen) atoms. The number of oxime groups is 2. The standard InChI is InChI=1S/C18H22N2O2/c1-21-19-11-5-9-10-6-12(20-22-2)15-8-4-3-7-13(8)18(17(10)15)16(9)14(7)11/h3-4,7-10,13-18H,5-6H2,1-2H3/b19-11-,20-12-/t7-,8+,9+,10-,13?,14-,15-,16-,17+,18?/m0/s1. The quantitative estimate of drug-likeness (QED) is 0.581. The minimum atomic E-state index is 0.676. The molecule has 5 saturated carbocycles. The van der Waals surface area contributed by atoms with E-state index in [2.05, 4.69) is 22.5 Å². The largest absolute Gasteiger partial charge is 0.399 e. The second kappa shape index (κ2) is 3.77. The molecule has 6 aliphatic rings. The summed E-state index contributed by atoms with van der Waals surface area (Å²) >= 11 is 0. The minimum Gasteiger partial charge on any atom is -0.399 e. The van der Waals surface area contributed by atoms with E-state index in [1.165, 1.54) is 11.4 Å². The van der Waals surface area contributed by atoms with Gasteiger partial charge in [0.25, 0.3) is 0 Å². The van der Waals surface area contributed by atoms with Gasteiger partial charge in [0, 0.05) is 11.8 Å². The van der Waals surface area contributed by atoms with Crippen LogP contribution in [0.2, 0.25) is 0 Å². The van der Waals surface area contributed by atoms with E-state index in [1.807, 2.05) is 0 Å². The lowest BCUT2D eigenvalue weighted by atomic mass is 9.83. The Kier molecular flexibility index (Phi) is 2.08. The maximum atomic E-state index is 5.19. The summed E-state index contributed by atoms with van der Waals surface area (Å²) in [5.41, 5.74) is 2.71. The normalized spacial score (nSPS) is 61.7. The van der Waals surface area contributed by atoms with Gasteiger partial charge in [0.05, 0.1) is 11.4 Å². The highest BCUT2D eigenvalue weighted by Crippen LogP contribution is 2.77. The van der Waals surface area contributed by atoms with E-state index >= 15 is 0 Å². The van der Waals surface area contributed by atoms with Crippen molar-refractivity contribution in [2.24, 2.45) is 69.5 Å². The molecule has 6 rings (SSSR count). The van der Waals surface area contributed by atoms with Gasteiger partial charge in [-0.2, -0.15) is 0 Å². The third kappa shape index (κ3) is 1.08. The van der Waals surface area contributed by atoms with E-state index < -0.39 is 0 Å². The number of fused-ring (bicyclic) bond motifs is 3. The fourth-order valence-electron chi connectivity index (χ4n) is 8.09. The zero-order valence-electron chi connectivity index (χ0n) is 13.1. The number of hydrogen-bond acceptors (Lipinski definition) is 4. The van der Waals surface area contributed by atoms with Crippen molar-refractivity contribution in [1.82, 2.24) is 0 Å². The summed E-state index contributed by atoms with van der Waals surface area (Å²) in [6.07, 6.45) is 7.35. The van der Waals surface area contributed by atoms with Gasteiger partial charge in [0.2, 0.25) is 0 Å². The van der Waals surface area contributed by atoms with Crippen LogP contribution in [-0.2, 0) is 9.68 Å². The van der Waals surface area contributed by atoms with E-state index in [-0.39, 0.29) is 0 Å². The van der Waals surface area contributed by atoms with Crippen molar-refractivity contribution in [3.63, 3.8) is 0 Å². The Balaban J connectivity index is 1.52. The Hall–Kier alpha value is -1.32. The van der Waals surface area contributed by atoms with Crippen molar-refractivity contribution in [3.05, 3.63) is 12.2 Å². The molecule has 2 unspecified atom stereocenters. The van der Waals surface area contributed by atoms with E-state index in [1.54, 1.807) is 14.2 Å². The lowest BCUT2D eigenvalue weighted by molar-refractivity contribution is 0.208. The molecule has 116 valence electrons. The molecular formula is C18H22N2O2. The second-order valence-corrected chi connectivity index (χ2v) is 8.17. The highest BCUT2D eigenvalue weighted by Gasteiger charge is 2.76. The Morgan fingerprint density at radius 3 is 1.73 bits per heavy atom. The third-order valence-electron chi connectivity index (χ3n) is 8.05. The van der Waals surface area contributed by atoms with Gasteiger partial charge in [-0.3, -0.25) is 0 Å². The molecule has 10 atom stereocenters. The topological polar surface area (TPSA) is 43.2 Å². The van der Waals surface area contributed by atoms with Crippen molar-refractivity contribution in [1.29, 1.82) is 0 Å². The smallest absolute Gasteiger partial charge is 0.106 e. The molecule has 0 aromatic heterocycles. The number of hydrogen-bond donors (Lipinski definition) is 0. The molecule has 0 amide bonds. The van der Waals surface area contributed by atoms with Gasteiger partial charge in [0.15, 0.2) is 0 Å². The Morgan fingerprint density at radius 2 is 1.27 bits per heavy atom. The lowest BCUT2D eigenvalue weighted by Crippen LogP contribution is -2.23. The van der Waals surface area contributed by atoms with Crippen molar-refractivity contribution in [2.75, 3.05) is 14.2 Å². The molecule has 0 saturated heterocycles. The number of rotatable bonds is 2. The number of nitrogens with zero attached hydrogens (tertiary/aromatic N) is 2. The first kappa shape index (κ1) is 12.1. The molecule has 0 aromatic carbocycles. The van der Waals surface area contributed by atoms with Crippen LogP contribution in [0.25, 0.3) is 0 Å². The third-order valence-corrected chi connectivity index (χ3v) is 8.05. The molecule has 0 spiro atoms. The SMILES string of the molecule is CO/N=C1/C[C@H]2[C@H]3C/C(=N/OC)[C@H]4[C@H]3C3C5[C@@H](C=C[C@@H]54)[C@@H]1[C@H]32. The molecule has 0 heterocycles. The van der Waals surface area contributed by atoms with Gasteiger partial charge in [-0.15, -0.1) is 0 Å². The maximum Gasteiger partial charge on any atom is 0.106 e. The average Bonchev–Trinajstić information content (AvgIpc) is 3.21. The van der Waals surface area contributed by atoms with Crippen LogP contribution in [0.4, 0.5) is 0 Å². The fraction of sp³-hybridized carbons (Fsp3) is 0.778. The molecule has 0 bridgehead atoms. The summed E-state index contributed by atoms with van der Waals surface area (Å²) in [4.78, 5) is 10.4. The first-order chi connectivity index (χ1) is 10.8. The van der Waals surface area contributed by atoms with Gasteiger partial charge < -0.3 is 9.68 Å². The molecule has 0 aromatic rings. The molecule has 0 aliphatic heterocycles. The minimum absolute atomic E-state index is 0.676. The van der Waals surface area contributed by atoms with Crippen molar-refractivity contribution in [2.45, 2.75) is 12.8 Å². The first-order valence-electron chi connectivity index (χ1n) is 8.73. The number of allylic oxidation sites excluding steroid dienone is 2. The van der Waals surface area contributed by atoms with Crippen LogP contribution in [-0.4, -0.2) is 25.6 Å². The monoisotopic (exact) mass is 298 g/mol. The summed E-state index contributed by atoms with van der Waals surface area (Å²) in [6.45, 7) is 0. The van der Waals surface area contributed by atoms with E-state index in [9.17, 15) is 0 Å². The summed E-state index contributed by atoms with van der Waals surface area (Å²) in [7, 11) is 3.39. The van der Waals surface area contributed by atoms with Gasteiger partial charge in [0.1, 0.15) is 14.2 Å². The maximum absolute atomic E-state index is 5.19. The van der Waals surface area contributed by atoms with Crippen LogP contribution in [0.15, 0.2) is 22.5 Å².